The van der Waals surface area contributed by atoms with E-state index in [1.165, 1.54) is 76.1 Å². The Bertz CT molecular complexity index is 4890. The van der Waals surface area contributed by atoms with Crippen LogP contribution in [0.25, 0.3) is 127 Å². The average molecular weight is 1010 g/mol. The monoisotopic (exact) mass is 1010 g/mol. The van der Waals surface area contributed by atoms with Gasteiger partial charge in [-0.05, 0) is 149 Å². The van der Waals surface area contributed by atoms with E-state index in [4.69, 9.17) is 15.0 Å². The summed E-state index contributed by atoms with van der Waals surface area (Å²) < 4.78 is 2.35. The molecule has 1 aliphatic rings. The van der Waals surface area contributed by atoms with Gasteiger partial charge in [0.1, 0.15) is 0 Å². The lowest BCUT2D eigenvalue weighted by Crippen LogP contribution is -2.16. The number of hydrogen-bond acceptors (Lipinski definition) is 4. The summed E-state index contributed by atoms with van der Waals surface area (Å²) in [7, 11) is 0. The molecule has 12 aromatic carbocycles. The summed E-state index contributed by atoms with van der Waals surface area (Å²) in [6.07, 6.45) is 1.84. The Labute approximate surface area is 457 Å². The summed E-state index contributed by atoms with van der Waals surface area (Å²) in [5.74, 6) is 0.590. The first-order chi connectivity index (χ1) is 39.0. The molecule has 15 aromatic rings. The highest BCUT2D eigenvalue weighted by Crippen LogP contribution is 2.59. The number of benzene rings is 12. The summed E-state index contributed by atoms with van der Waals surface area (Å²) in [4.78, 5) is 18.3. The zero-order valence-electron chi connectivity index (χ0n) is 43.6. The summed E-state index contributed by atoms with van der Waals surface area (Å²) in [6.45, 7) is 4.92. The van der Waals surface area contributed by atoms with Crippen LogP contribution in [0.1, 0.15) is 25.0 Å². The van der Waals surface area contributed by atoms with Crippen molar-refractivity contribution >= 4 is 92.7 Å². The van der Waals surface area contributed by atoms with Crippen molar-refractivity contribution in [3.63, 3.8) is 0 Å². The van der Waals surface area contributed by atoms with Crippen LogP contribution in [0.5, 0.6) is 0 Å². The highest BCUT2D eigenvalue weighted by molar-refractivity contribution is 6.31. The zero-order chi connectivity index (χ0) is 52.3. The number of nitrogens with zero attached hydrogens (tertiary/aromatic N) is 5. The Morgan fingerprint density at radius 3 is 1.75 bits per heavy atom. The van der Waals surface area contributed by atoms with Gasteiger partial charge in [0, 0.05) is 50.4 Å². The molecule has 79 heavy (non-hydrogen) atoms. The minimum Gasteiger partial charge on any atom is -0.310 e. The number of anilines is 3. The molecule has 0 bridgehead atoms. The van der Waals surface area contributed by atoms with Crippen LogP contribution in [0, 0.1) is 0 Å². The van der Waals surface area contributed by atoms with Crippen LogP contribution in [-0.4, -0.2) is 19.5 Å². The third kappa shape index (κ3) is 6.86. The van der Waals surface area contributed by atoms with Gasteiger partial charge in [-0.2, -0.15) is 0 Å². The van der Waals surface area contributed by atoms with E-state index in [0.29, 0.717) is 5.95 Å². The topological polar surface area (TPSA) is 46.8 Å². The average Bonchev–Trinajstić information content (AvgIpc) is 4.17. The smallest absolute Gasteiger partial charge is 0.235 e. The van der Waals surface area contributed by atoms with E-state index in [9.17, 15) is 0 Å². The van der Waals surface area contributed by atoms with Gasteiger partial charge in [-0.25, -0.2) is 9.97 Å². The number of aromatic nitrogens is 4. The Kier molecular flexibility index (Phi) is 9.91. The number of rotatable bonds is 7. The van der Waals surface area contributed by atoms with Crippen molar-refractivity contribution in [1.82, 2.24) is 19.5 Å². The molecule has 1 aliphatic carbocycles. The SMILES string of the molecule is CC1(C)c2c(ccc3c4ccccc4c4ccccc4c23)-c2c1c1c3cc(-c4cccc(N(c5ccccc5)c5ccc6ccccc6c5)c4)ccc3n(-c3nc(-c4ccccc4)cc(-c4ccccn4)n3)c1c1ccccc21. The largest absolute Gasteiger partial charge is 0.310 e. The summed E-state index contributed by atoms with van der Waals surface area (Å²) >= 11 is 0. The Balaban J connectivity index is 1.01. The van der Waals surface area contributed by atoms with Crippen LogP contribution < -0.4 is 4.90 Å². The molecule has 370 valence electrons. The van der Waals surface area contributed by atoms with Crippen molar-refractivity contribution in [2.45, 2.75) is 19.3 Å². The summed E-state index contributed by atoms with van der Waals surface area (Å²) in [6, 6.07) is 92.4. The maximum Gasteiger partial charge on any atom is 0.235 e. The molecule has 5 nitrogen and oxygen atoms in total. The van der Waals surface area contributed by atoms with Crippen molar-refractivity contribution in [2.75, 3.05) is 4.90 Å². The van der Waals surface area contributed by atoms with E-state index < -0.39 is 5.41 Å². The Morgan fingerprint density at radius 2 is 0.975 bits per heavy atom. The number of pyridine rings is 1. The molecule has 0 saturated heterocycles. The van der Waals surface area contributed by atoms with E-state index in [2.05, 4.69) is 260 Å². The maximum absolute atomic E-state index is 5.56. The van der Waals surface area contributed by atoms with Crippen LogP contribution in [-0.2, 0) is 5.41 Å². The minimum atomic E-state index is -0.464. The predicted molar refractivity (Wildman–Crippen MR) is 330 cm³/mol. The van der Waals surface area contributed by atoms with E-state index in [1.54, 1.807) is 0 Å². The third-order valence-corrected chi connectivity index (χ3v) is 16.7. The minimum absolute atomic E-state index is 0.464. The lowest BCUT2D eigenvalue weighted by atomic mass is 9.77. The molecule has 0 fully saturated rings. The fourth-order valence-electron chi connectivity index (χ4n) is 13.3. The maximum atomic E-state index is 5.56. The van der Waals surface area contributed by atoms with Gasteiger partial charge in [0.15, 0.2) is 0 Å². The highest BCUT2D eigenvalue weighted by Gasteiger charge is 2.42. The van der Waals surface area contributed by atoms with Crippen molar-refractivity contribution in [3.05, 3.63) is 272 Å². The van der Waals surface area contributed by atoms with Crippen LogP contribution in [0.2, 0.25) is 0 Å². The normalized spacial score (nSPS) is 12.8. The molecule has 0 amide bonds. The first kappa shape index (κ1) is 45.0. The molecule has 0 atom stereocenters. The zero-order valence-corrected chi connectivity index (χ0v) is 43.6. The lowest BCUT2D eigenvalue weighted by Gasteiger charge is -2.26. The second kappa shape index (κ2) is 17.4. The van der Waals surface area contributed by atoms with E-state index in [0.717, 1.165) is 72.6 Å². The van der Waals surface area contributed by atoms with Gasteiger partial charge in [-0.3, -0.25) is 9.55 Å². The van der Waals surface area contributed by atoms with Gasteiger partial charge in [-0.1, -0.05) is 202 Å². The molecular weight excluding hydrogens is 959 g/mol. The van der Waals surface area contributed by atoms with Crippen molar-refractivity contribution in [3.8, 4) is 50.8 Å². The Morgan fingerprint density at radius 1 is 0.367 bits per heavy atom. The summed E-state index contributed by atoms with van der Waals surface area (Å²) in [5.41, 5.74) is 15.8. The van der Waals surface area contributed by atoms with Gasteiger partial charge in [0.25, 0.3) is 0 Å². The first-order valence-electron chi connectivity index (χ1n) is 27.2. The van der Waals surface area contributed by atoms with Gasteiger partial charge in [0.05, 0.1) is 28.1 Å². The van der Waals surface area contributed by atoms with Gasteiger partial charge in [-0.15, -0.1) is 0 Å². The molecule has 5 heteroatoms. The van der Waals surface area contributed by atoms with Gasteiger partial charge >= 0.3 is 0 Å². The van der Waals surface area contributed by atoms with Gasteiger partial charge < -0.3 is 4.90 Å². The highest BCUT2D eigenvalue weighted by atomic mass is 15.2. The molecule has 0 radical (unpaired) electrons. The molecule has 0 saturated carbocycles. The fraction of sp³-hybridized carbons (Fsp3) is 0.0405. The molecule has 16 rings (SSSR count). The first-order valence-corrected chi connectivity index (χ1v) is 27.2. The standard InChI is InChI=1S/C74H49N5/c1-74(2)70-61(39-38-59-56-30-12-11-28-54(56)55-29-13-14-31-57(55)67(59)70)68-58-32-15-16-33-60(58)72-69(71(68)74)62-44-50(36-40-66(62)79(72)73-76-64(47-21-5-3-6-22-47)45-65(77-73)63-34-17-18-41-75-63)49-24-19-27-52(43-49)78(51-25-7-4-8-26-51)53-37-35-46-20-9-10-23-48(46)42-53/h3-45H,1-2H3. The quantitative estimate of drug-likeness (QED) is 0.149. The molecule has 3 heterocycles. The molecule has 0 unspecified atom stereocenters. The lowest BCUT2D eigenvalue weighted by molar-refractivity contribution is 0.673. The molecule has 3 aromatic heterocycles. The van der Waals surface area contributed by atoms with E-state index in [-0.39, 0.29) is 0 Å². The molecular formula is C74H49N5. The second-order valence-corrected chi connectivity index (χ2v) is 21.5. The van der Waals surface area contributed by atoms with Crippen molar-refractivity contribution < 1.29 is 0 Å². The number of para-hydroxylation sites is 1. The second-order valence-electron chi connectivity index (χ2n) is 21.5. The summed E-state index contributed by atoms with van der Waals surface area (Å²) in [5, 5.41) is 14.8. The third-order valence-electron chi connectivity index (χ3n) is 16.7. The predicted octanol–water partition coefficient (Wildman–Crippen LogP) is 19.5. The van der Waals surface area contributed by atoms with Crippen LogP contribution in [0.3, 0.4) is 0 Å². The molecule has 0 N–H and O–H groups in total. The van der Waals surface area contributed by atoms with Crippen LogP contribution in [0.4, 0.5) is 17.1 Å². The van der Waals surface area contributed by atoms with E-state index in [1.807, 2.05) is 24.4 Å². The van der Waals surface area contributed by atoms with Gasteiger partial charge in [0.2, 0.25) is 5.95 Å². The molecule has 0 spiro atoms. The van der Waals surface area contributed by atoms with E-state index >= 15 is 0 Å². The Hall–Kier alpha value is -10.2. The van der Waals surface area contributed by atoms with Crippen molar-refractivity contribution in [2.24, 2.45) is 0 Å². The number of hydrogen-bond donors (Lipinski definition) is 0. The van der Waals surface area contributed by atoms with Crippen LogP contribution in [0.15, 0.2) is 261 Å². The molecule has 0 aliphatic heterocycles. The van der Waals surface area contributed by atoms with Crippen LogP contribution >= 0.6 is 0 Å². The van der Waals surface area contributed by atoms with Crippen molar-refractivity contribution in [1.29, 1.82) is 0 Å². The number of fused-ring (bicyclic) bond motifs is 18. The fourth-order valence-corrected chi connectivity index (χ4v) is 13.3.